The van der Waals surface area contributed by atoms with Crippen molar-refractivity contribution in [2.45, 2.75) is 18.2 Å². The van der Waals surface area contributed by atoms with Gasteiger partial charge in [-0.2, -0.15) is 4.31 Å². The second-order valence-electron chi connectivity index (χ2n) is 4.00. The summed E-state index contributed by atoms with van der Waals surface area (Å²) in [5.41, 5.74) is 6.28. The number of nitrogen functional groups attached to an aromatic ring is 1. The second-order valence-corrected chi connectivity index (χ2v) is 5.91. The third kappa shape index (κ3) is 3.85. The van der Waals surface area contributed by atoms with Crippen LogP contribution < -0.4 is 5.73 Å². The van der Waals surface area contributed by atoms with Crippen molar-refractivity contribution in [3.8, 4) is 0 Å². The molecule has 0 amide bonds. The molecule has 0 radical (unpaired) electrons. The van der Waals surface area contributed by atoms with Gasteiger partial charge in [-0.05, 0) is 30.7 Å². The van der Waals surface area contributed by atoms with Gasteiger partial charge in [0.2, 0.25) is 10.0 Å². The van der Waals surface area contributed by atoms with Gasteiger partial charge in [0.25, 0.3) is 6.43 Å². The summed E-state index contributed by atoms with van der Waals surface area (Å²) in [7, 11) is -4.07. The lowest BCUT2D eigenvalue weighted by atomic mass is 10.2. The van der Waals surface area contributed by atoms with Gasteiger partial charge < -0.3 is 10.8 Å². The summed E-state index contributed by atoms with van der Waals surface area (Å²) in [4.78, 5) is -0.0872. The molecule has 0 saturated carbocycles. The molecule has 0 unspecified atom stereocenters. The van der Waals surface area contributed by atoms with Crippen LogP contribution in [-0.2, 0) is 10.0 Å². The van der Waals surface area contributed by atoms with Gasteiger partial charge in [0, 0.05) is 12.2 Å². The first-order valence-electron chi connectivity index (χ1n) is 5.54. The highest BCUT2D eigenvalue weighted by atomic mass is 32.2. The zero-order valence-corrected chi connectivity index (χ0v) is 11.2. The number of alkyl halides is 2. The standard InChI is InChI=1S/C11H16F2N2O3S/c1-8-6-9(14)2-3-10(8)19(17,18)15(4-5-16)7-11(12)13/h2-3,6,11,16H,4-5,7,14H2,1H3. The zero-order valence-electron chi connectivity index (χ0n) is 10.4. The van der Waals surface area contributed by atoms with Crippen molar-refractivity contribution in [2.24, 2.45) is 0 Å². The lowest BCUT2D eigenvalue weighted by Gasteiger charge is -2.22. The number of sulfonamides is 1. The molecule has 108 valence electrons. The Kier molecular flexibility index (Phi) is 5.21. The smallest absolute Gasteiger partial charge is 0.252 e. The maximum Gasteiger partial charge on any atom is 0.252 e. The fourth-order valence-electron chi connectivity index (χ4n) is 1.68. The van der Waals surface area contributed by atoms with E-state index < -0.39 is 29.6 Å². The normalized spacial score (nSPS) is 12.3. The fraction of sp³-hybridized carbons (Fsp3) is 0.455. The third-order valence-corrected chi connectivity index (χ3v) is 4.53. The van der Waals surface area contributed by atoms with Crippen LogP contribution >= 0.6 is 0 Å². The van der Waals surface area contributed by atoms with Crippen LogP contribution in [0.4, 0.5) is 14.5 Å². The predicted octanol–water partition coefficient (Wildman–Crippen LogP) is 0.825. The van der Waals surface area contributed by atoms with Crippen LogP contribution in [0.3, 0.4) is 0 Å². The number of nitrogens with two attached hydrogens (primary N) is 1. The van der Waals surface area contributed by atoms with Crippen molar-refractivity contribution in [1.82, 2.24) is 4.31 Å². The van der Waals surface area contributed by atoms with Gasteiger partial charge in [0.1, 0.15) is 0 Å². The fourth-order valence-corrected chi connectivity index (χ4v) is 3.29. The molecule has 0 spiro atoms. The van der Waals surface area contributed by atoms with Gasteiger partial charge in [-0.25, -0.2) is 17.2 Å². The van der Waals surface area contributed by atoms with Crippen LogP contribution in [0.2, 0.25) is 0 Å². The van der Waals surface area contributed by atoms with Crippen LogP contribution in [0.5, 0.6) is 0 Å². The largest absolute Gasteiger partial charge is 0.399 e. The van der Waals surface area contributed by atoms with E-state index in [0.717, 1.165) is 0 Å². The molecule has 0 aromatic heterocycles. The first-order valence-corrected chi connectivity index (χ1v) is 6.98. The summed E-state index contributed by atoms with van der Waals surface area (Å²) in [5, 5.41) is 8.80. The highest BCUT2D eigenvalue weighted by Crippen LogP contribution is 2.22. The number of aryl methyl sites for hydroxylation is 1. The van der Waals surface area contributed by atoms with Crippen molar-refractivity contribution in [2.75, 3.05) is 25.4 Å². The SMILES string of the molecule is Cc1cc(N)ccc1S(=O)(=O)N(CCO)CC(F)F. The van der Waals surface area contributed by atoms with Gasteiger partial charge in [-0.15, -0.1) is 0 Å². The lowest BCUT2D eigenvalue weighted by Crippen LogP contribution is -2.37. The molecule has 1 aromatic carbocycles. The molecule has 0 heterocycles. The molecular formula is C11H16F2N2O3S. The van der Waals surface area contributed by atoms with E-state index in [9.17, 15) is 17.2 Å². The second kappa shape index (κ2) is 6.27. The molecule has 0 aliphatic heterocycles. The number of aliphatic hydroxyl groups is 1. The van der Waals surface area contributed by atoms with Crippen LogP contribution in [0.15, 0.2) is 23.1 Å². The van der Waals surface area contributed by atoms with Crippen molar-refractivity contribution >= 4 is 15.7 Å². The van der Waals surface area contributed by atoms with E-state index >= 15 is 0 Å². The Bertz CT molecular complexity index is 535. The molecule has 3 N–H and O–H groups in total. The van der Waals surface area contributed by atoms with Crippen molar-refractivity contribution < 1.29 is 22.3 Å². The van der Waals surface area contributed by atoms with E-state index in [2.05, 4.69) is 0 Å². The number of halogens is 2. The maximum atomic E-state index is 12.4. The van der Waals surface area contributed by atoms with Crippen LogP contribution in [0.1, 0.15) is 5.56 Å². The topological polar surface area (TPSA) is 83.6 Å². The van der Waals surface area contributed by atoms with E-state index in [4.69, 9.17) is 10.8 Å². The monoisotopic (exact) mass is 294 g/mol. The molecule has 1 aromatic rings. The van der Waals surface area contributed by atoms with Crippen LogP contribution in [-0.4, -0.2) is 44.0 Å². The lowest BCUT2D eigenvalue weighted by molar-refractivity contribution is 0.113. The minimum Gasteiger partial charge on any atom is -0.399 e. The zero-order chi connectivity index (χ0) is 14.6. The van der Waals surface area contributed by atoms with Crippen LogP contribution in [0.25, 0.3) is 0 Å². The van der Waals surface area contributed by atoms with Crippen molar-refractivity contribution in [1.29, 1.82) is 0 Å². The van der Waals surface area contributed by atoms with E-state index in [0.29, 0.717) is 15.6 Å². The summed E-state index contributed by atoms with van der Waals surface area (Å²) in [5.74, 6) is 0. The molecule has 5 nitrogen and oxygen atoms in total. The number of hydrogen-bond donors (Lipinski definition) is 2. The van der Waals surface area contributed by atoms with Crippen LogP contribution in [0, 0.1) is 6.92 Å². The molecule has 0 bridgehead atoms. The molecule has 0 saturated heterocycles. The first-order chi connectivity index (χ1) is 8.78. The number of anilines is 1. The molecule has 8 heteroatoms. The summed E-state index contributed by atoms with van der Waals surface area (Å²) in [6, 6.07) is 4.11. The number of aliphatic hydroxyl groups excluding tert-OH is 1. The highest BCUT2D eigenvalue weighted by molar-refractivity contribution is 7.89. The Labute approximate surface area is 110 Å². The third-order valence-electron chi connectivity index (χ3n) is 2.51. The van der Waals surface area contributed by atoms with Crippen molar-refractivity contribution in [3.63, 3.8) is 0 Å². The van der Waals surface area contributed by atoms with E-state index in [-0.39, 0.29) is 11.4 Å². The molecule has 0 fully saturated rings. The van der Waals surface area contributed by atoms with Gasteiger partial charge in [-0.1, -0.05) is 0 Å². The van der Waals surface area contributed by atoms with Gasteiger partial charge >= 0.3 is 0 Å². The van der Waals surface area contributed by atoms with Gasteiger partial charge in [0.15, 0.2) is 0 Å². The quantitative estimate of drug-likeness (QED) is 0.761. The van der Waals surface area contributed by atoms with E-state index in [1.54, 1.807) is 0 Å². The Morgan fingerprint density at radius 2 is 2.05 bits per heavy atom. The highest BCUT2D eigenvalue weighted by Gasteiger charge is 2.28. The van der Waals surface area contributed by atoms with Gasteiger partial charge in [0.05, 0.1) is 18.0 Å². The number of nitrogens with zero attached hydrogens (tertiary/aromatic N) is 1. The van der Waals surface area contributed by atoms with E-state index in [1.165, 1.54) is 25.1 Å². The Balaban J connectivity index is 3.18. The van der Waals surface area contributed by atoms with Crippen molar-refractivity contribution in [3.05, 3.63) is 23.8 Å². The molecule has 0 aliphatic rings. The number of benzene rings is 1. The first kappa shape index (κ1) is 15.8. The maximum absolute atomic E-state index is 12.4. The minimum atomic E-state index is -4.07. The summed E-state index contributed by atoms with van der Waals surface area (Å²) < 4.78 is 49.8. The molecule has 0 aliphatic carbocycles. The summed E-state index contributed by atoms with van der Waals surface area (Å²) >= 11 is 0. The molecule has 0 atom stereocenters. The van der Waals surface area contributed by atoms with E-state index in [1.807, 2.05) is 0 Å². The predicted molar refractivity (Wildman–Crippen MR) is 67.4 cm³/mol. The summed E-state index contributed by atoms with van der Waals surface area (Å²) in [6.45, 7) is -0.327. The average molecular weight is 294 g/mol. The number of rotatable bonds is 6. The Morgan fingerprint density at radius 3 is 2.53 bits per heavy atom. The average Bonchev–Trinajstić information content (AvgIpc) is 2.27. The Morgan fingerprint density at radius 1 is 1.42 bits per heavy atom. The summed E-state index contributed by atoms with van der Waals surface area (Å²) in [6.07, 6.45) is -2.81. The number of hydrogen-bond acceptors (Lipinski definition) is 4. The minimum absolute atomic E-state index is 0.0872. The van der Waals surface area contributed by atoms with Gasteiger partial charge in [-0.3, -0.25) is 0 Å². The molecule has 1 rings (SSSR count). The molecule has 19 heavy (non-hydrogen) atoms. The Hall–Kier alpha value is -1.25. The molecular weight excluding hydrogens is 278 g/mol.